The number of benzene rings is 2. The first-order valence-electron chi connectivity index (χ1n) is 10.1. The highest BCUT2D eigenvalue weighted by atomic mass is 19.1. The standard InChI is InChI=1S/C23H21FN4O2/c24-18-7-5-16(6-8-18)23-26-21(27-30-23)11-15-9-10-28(14-15)22(29)12-17-13-25-20-4-2-1-3-19(17)20/h1-8,13,15,25H,9-12,14H2. The summed E-state index contributed by atoms with van der Waals surface area (Å²) in [6.45, 7) is 1.44. The van der Waals surface area contributed by atoms with Crippen molar-refractivity contribution in [2.45, 2.75) is 19.3 Å². The Morgan fingerprint density at radius 1 is 1.20 bits per heavy atom. The minimum atomic E-state index is -0.304. The SMILES string of the molecule is O=C(Cc1c[nH]c2ccccc12)N1CCC(Cc2noc(-c3ccc(F)cc3)n2)C1. The van der Waals surface area contributed by atoms with Crippen molar-refractivity contribution in [3.05, 3.63) is 71.9 Å². The monoisotopic (exact) mass is 404 g/mol. The summed E-state index contributed by atoms with van der Waals surface area (Å²) in [5.41, 5.74) is 2.77. The van der Waals surface area contributed by atoms with E-state index in [-0.39, 0.29) is 11.7 Å². The number of likely N-dealkylation sites (tertiary alicyclic amines) is 1. The molecular weight excluding hydrogens is 383 g/mol. The quantitative estimate of drug-likeness (QED) is 0.546. The number of nitrogens with zero attached hydrogens (tertiary/aromatic N) is 3. The number of nitrogens with one attached hydrogen (secondary N) is 1. The summed E-state index contributed by atoms with van der Waals surface area (Å²) in [5, 5.41) is 5.15. The van der Waals surface area contributed by atoms with Crippen LogP contribution in [0.15, 0.2) is 59.3 Å². The minimum absolute atomic E-state index is 0.141. The third-order valence-corrected chi connectivity index (χ3v) is 5.69. The van der Waals surface area contributed by atoms with Gasteiger partial charge in [0.15, 0.2) is 5.82 Å². The number of hydrogen-bond donors (Lipinski definition) is 1. The van der Waals surface area contributed by atoms with E-state index in [1.54, 1.807) is 12.1 Å². The van der Waals surface area contributed by atoms with Crippen LogP contribution >= 0.6 is 0 Å². The molecule has 0 spiro atoms. The van der Waals surface area contributed by atoms with Gasteiger partial charge in [0, 0.05) is 42.2 Å². The number of fused-ring (bicyclic) bond motifs is 1. The van der Waals surface area contributed by atoms with Gasteiger partial charge in [-0.3, -0.25) is 4.79 Å². The van der Waals surface area contributed by atoms with Crippen LogP contribution < -0.4 is 0 Å². The summed E-state index contributed by atoms with van der Waals surface area (Å²) < 4.78 is 18.4. The molecular formula is C23H21FN4O2. The Morgan fingerprint density at radius 2 is 2.03 bits per heavy atom. The summed E-state index contributed by atoms with van der Waals surface area (Å²) in [5.74, 6) is 1.14. The van der Waals surface area contributed by atoms with E-state index >= 15 is 0 Å². The maximum atomic E-state index is 13.1. The first kappa shape index (κ1) is 18.5. The lowest BCUT2D eigenvalue weighted by molar-refractivity contribution is -0.129. The number of halogens is 1. The number of rotatable bonds is 5. The molecule has 0 bridgehead atoms. The number of carbonyl (C=O) groups is 1. The Bertz CT molecular complexity index is 1180. The van der Waals surface area contributed by atoms with Gasteiger partial charge in [0.2, 0.25) is 5.91 Å². The predicted octanol–water partition coefficient (Wildman–Crippen LogP) is 3.99. The zero-order chi connectivity index (χ0) is 20.5. The first-order valence-corrected chi connectivity index (χ1v) is 10.1. The van der Waals surface area contributed by atoms with Crippen molar-refractivity contribution in [3.63, 3.8) is 0 Å². The van der Waals surface area contributed by atoms with Crippen LogP contribution in [0.25, 0.3) is 22.4 Å². The normalized spacial score (nSPS) is 16.4. The average molecular weight is 404 g/mol. The molecule has 7 heteroatoms. The molecule has 1 saturated heterocycles. The summed E-state index contributed by atoms with van der Waals surface area (Å²) in [4.78, 5) is 22.4. The molecule has 0 saturated carbocycles. The van der Waals surface area contributed by atoms with Crippen molar-refractivity contribution in [2.75, 3.05) is 13.1 Å². The average Bonchev–Trinajstić information content (AvgIpc) is 3.50. The van der Waals surface area contributed by atoms with E-state index in [1.807, 2.05) is 35.4 Å². The Kier molecular flexibility index (Phi) is 4.78. The number of aromatic nitrogens is 3. The maximum Gasteiger partial charge on any atom is 0.257 e. The number of para-hydroxylation sites is 1. The molecule has 1 amide bonds. The molecule has 1 atom stereocenters. The maximum absolute atomic E-state index is 13.1. The van der Waals surface area contributed by atoms with Crippen LogP contribution in [-0.4, -0.2) is 39.0 Å². The van der Waals surface area contributed by atoms with Crippen LogP contribution in [-0.2, 0) is 17.6 Å². The van der Waals surface area contributed by atoms with E-state index < -0.39 is 0 Å². The minimum Gasteiger partial charge on any atom is -0.361 e. The van der Waals surface area contributed by atoms with E-state index in [0.717, 1.165) is 29.4 Å². The lowest BCUT2D eigenvalue weighted by Crippen LogP contribution is -2.30. The highest BCUT2D eigenvalue weighted by Crippen LogP contribution is 2.24. The second kappa shape index (κ2) is 7.74. The first-order chi connectivity index (χ1) is 14.7. The van der Waals surface area contributed by atoms with Crippen LogP contribution in [0, 0.1) is 11.7 Å². The van der Waals surface area contributed by atoms with Gasteiger partial charge < -0.3 is 14.4 Å². The highest BCUT2D eigenvalue weighted by Gasteiger charge is 2.28. The third kappa shape index (κ3) is 3.70. The highest BCUT2D eigenvalue weighted by molar-refractivity contribution is 5.89. The third-order valence-electron chi connectivity index (χ3n) is 5.69. The van der Waals surface area contributed by atoms with Crippen LogP contribution in [0.3, 0.4) is 0 Å². The number of hydrogen-bond acceptors (Lipinski definition) is 4. The second-order valence-electron chi connectivity index (χ2n) is 7.76. The van der Waals surface area contributed by atoms with Gasteiger partial charge >= 0.3 is 0 Å². The van der Waals surface area contributed by atoms with E-state index in [4.69, 9.17) is 4.52 Å². The van der Waals surface area contributed by atoms with Gasteiger partial charge in [0.05, 0.1) is 6.42 Å². The molecule has 2 aromatic heterocycles. The van der Waals surface area contributed by atoms with Crippen LogP contribution in [0.4, 0.5) is 4.39 Å². The predicted molar refractivity (Wildman–Crippen MR) is 110 cm³/mol. The number of aromatic amines is 1. The van der Waals surface area contributed by atoms with Crippen molar-refractivity contribution >= 4 is 16.8 Å². The molecule has 1 aliphatic rings. The lowest BCUT2D eigenvalue weighted by Gasteiger charge is -2.16. The Labute approximate surface area is 172 Å². The van der Waals surface area contributed by atoms with Gasteiger partial charge in [-0.25, -0.2) is 4.39 Å². The van der Waals surface area contributed by atoms with Crippen molar-refractivity contribution in [2.24, 2.45) is 5.92 Å². The Morgan fingerprint density at radius 3 is 2.90 bits per heavy atom. The zero-order valence-electron chi connectivity index (χ0n) is 16.3. The van der Waals surface area contributed by atoms with Crippen molar-refractivity contribution in [1.29, 1.82) is 0 Å². The summed E-state index contributed by atoms with van der Waals surface area (Å²) in [7, 11) is 0. The molecule has 1 N–H and O–H groups in total. The molecule has 1 fully saturated rings. The van der Waals surface area contributed by atoms with Crippen LogP contribution in [0.1, 0.15) is 17.8 Å². The van der Waals surface area contributed by atoms with Crippen LogP contribution in [0.2, 0.25) is 0 Å². The van der Waals surface area contributed by atoms with Gasteiger partial charge in [-0.05, 0) is 48.2 Å². The Hall–Kier alpha value is -3.48. The molecule has 5 rings (SSSR count). The number of H-pyrrole nitrogens is 1. The van der Waals surface area contributed by atoms with Gasteiger partial charge in [0.1, 0.15) is 5.82 Å². The summed E-state index contributed by atoms with van der Waals surface area (Å²) in [6.07, 6.45) is 3.89. The zero-order valence-corrected chi connectivity index (χ0v) is 16.3. The molecule has 152 valence electrons. The molecule has 1 unspecified atom stereocenters. The Balaban J connectivity index is 1.20. The van der Waals surface area contributed by atoms with Crippen LogP contribution in [0.5, 0.6) is 0 Å². The molecule has 3 heterocycles. The van der Waals surface area contributed by atoms with Crippen molar-refractivity contribution in [3.8, 4) is 11.5 Å². The summed E-state index contributed by atoms with van der Waals surface area (Å²) in [6, 6.07) is 14.0. The summed E-state index contributed by atoms with van der Waals surface area (Å²) >= 11 is 0. The smallest absolute Gasteiger partial charge is 0.257 e. The second-order valence-corrected chi connectivity index (χ2v) is 7.76. The molecule has 0 radical (unpaired) electrons. The van der Waals surface area contributed by atoms with E-state index in [9.17, 15) is 9.18 Å². The van der Waals surface area contributed by atoms with E-state index in [2.05, 4.69) is 15.1 Å². The van der Waals surface area contributed by atoms with Gasteiger partial charge in [-0.15, -0.1) is 0 Å². The van der Waals surface area contributed by atoms with Crippen molar-refractivity contribution < 1.29 is 13.7 Å². The molecule has 6 nitrogen and oxygen atoms in total. The van der Waals surface area contributed by atoms with E-state index in [1.165, 1.54) is 12.1 Å². The fourth-order valence-corrected chi connectivity index (χ4v) is 4.08. The number of amides is 1. The van der Waals surface area contributed by atoms with Gasteiger partial charge in [0.25, 0.3) is 5.89 Å². The fourth-order valence-electron chi connectivity index (χ4n) is 4.08. The lowest BCUT2D eigenvalue weighted by atomic mass is 10.0. The van der Waals surface area contributed by atoms with Gasteiger partial charge in [-0.1, -0.05) is 23.4 Å². The molecule has 30 heavy (non-hydrogen) atoms. The molecule has 0 aliphatic carbocycles. The fraction of sp³-hybridized carbons (Fsp3) is 0.261. The number of carbonyl (C=O) groups excluding carboxylic acids is 1. The topological polar surface area (TPSA) is 75.0 Å². The molecule has 2 aromatic carbocycles. The van der Waals surface area contributed by atoms with Gasteiger partial charge in [-0.2, -0.15) is 4.98 Å². The molecule has 1 aliphatic heterocycles. The van der Waals surface area contributed by atoms with Crippen molar-refractivity contribution in [1.82, 2.24) is 20.0 Å². The largest absolute Gasteiger partial charge is 0.361 e. The molecule has 4 aromatic rings. The van der Waals surface area contributed by atoms with E-state index in [0.29, 0.717) is 42.6 Å².